The molecule has 0 aromatic heterocycles. The molecular weight excluding hydrogens is 222 g/mol. The summed E-state index contributed by atoms with van der Waals surface area (Å²) in [6.45, 7) is 5.57. The van der Waals surface area contributed by atoms with Crippen molar-refractivity contribution >= 4 is 17.5 Å². The van der Waals surface area contributed by atoms with Crippen LogP contribution in [-0.2, 0) is 14.3 Å². The molecule has 17 heavy (non-hydrogen) atoms. The highest BCUT2D eigenvalue weighted by atomic mass is 16.5. The van der Waals surface area contributed by atoms with Gasteiger partial charge < -0.3 is 9.64 Å². The number of hydrazone groups is 1. The number of carbonyl (C=O) groups excluding carboxylic acids is 2. The highest BCUT2D eigenvalue weighted by Gasteiger charge is 2.36. The topological polar surface area (TPSA) is 71.0 Å². The van der Waals surface area contributed by atoms with Crippen LogP contribution in [0.25, 0.3) is 0 Å². The molecule has 2 aliphatic rings. The third-order valence-corrected chi connectivity index (χ3v) is 3.04. The standard InChI is InChI=1S/C11H17N3O3/c1-11(2)7-17-6-5-14(11)10(16)8-3-4-9(15)13-12-8/h3-7H2,1-2H3,(H,13,15). The summed E-state index contributed by atoms with van der Waals surface area (Å²) in [5.74, 6) is -0.235. The van der Waals surface area contributed by atoms with Crippen LogP contribution < -0.4 is 5.43 Å². The van der Waals surface area contributed by atoms with E-state index in [1.165, 1.54) is 0 Å². The van der Waals surface area contributed by atoms with E-state index in [-0.39, 0.29) is 17.4 Å². The lowest BCUT2D eigenvalue weighted by atomic mass is 10.0. The zero-order valence-electron chi connectivity index (χ0n) is 10.2. The van der Waals surface area contributed by atoms with Gasteiger partial charge in [-0.15, -0.1) is 0 Å². The highest BCUT2D eigenvalue weighted by molar-refractivity contribution is 6.39. The third kappa shape index (κ3) is 2.46. The van der Waals surface area contributed by atoms with Crippen molar-refractivity contribution in [3.63, 3.8) is 0 Å². The molecular formula is C11H17N3O3. The summed E-state index contributed by atoms with van der Waals surface area (Å²) in [5.41, 5.74) is 2.46. The van der Waals surface area contributed by atoms with E-state index in [0.29, 0.717) is 38.3 Å². The molecule has 0 radical (unpaired) electrons. The first kappa shape index (κ1) is 12.0. The smallest absolute Gasteiger partial charge is 0.270 e. The monoisotopic (exact) mass is 239 g/mol. The first-order valence-electron chi connectivity index (χ1n) is 5.76. The molecule has 0 aromatic rings. The number of nitrogens with zero attached hydrogens (tertiary/aromatic N) is 2. The van der Waals surface area contributed by atoms with Gasteiger partial charge in [0.1, 0.15) is 5.71 Å². The van der Waals surface area contributed by atoms with Crippen LogP contribution >= 0.6 is 0 Å². The van der Waals surface area contributed by atoms with Crippen LogP contribution in [-0.4, -0.2) is 47.7 Å². The van der Waals surface area contributed by atoms with E-state index in [2.05, 4.69) is 10.5 Å². The fraction of sp³-hybridized carbons (Fsp3) is 0.727. The summed E-state index contributed by atoms with van der Waals surface area (Å²) < 4.78 is 5.37. The predicted molar refractivity (Wildman–Crippen MR) is 61.4 cm³/mol. The molecule has 0 aromatic carbocycles. The molecule has 0 atom stereocenters. The van der Waals surface area contributed by atoms with Crippen LogP contribution in [0, 0.1) is 0 Å². The van der Waals surface area contributed by atoms with Gasteiger partial charge in [-0.1, -0.05) is 0 Å². The second kappa shape index (κ2) is 4.44. The van der Waals surface area contributed by atoms with Crippen LogP contribution in [0.1, 0.15) is 26.7 Å². The number of amides is 2. The van der Waals surface area contributed by atoms with Crippen LogP contribution in [0.2, 0.25) is 0 Å². The van der Waals surface area contributed by atoms with E-state index in [4.69, 9.17) is 4.74 Å². The van der Waals surface area contributed by atoms with E-state index in [0.717, 1.165) is 0 Å². The summed E-state index contributed by atoms with van der Waals surface area (Å²) in [7, 11) is 0. The maximum Gasteiger partial charge on any atom is 0.270 e. The molecule has 0 unspecified atom stereocenters. The summed E-state index contributed by atoms with van der Waals surface area (Å²) in [4.78, 5) is 25.0. The van der Waals surface area contributed by atoms with Gasteiger partial charge in [-0.2, -0.15) is 5.10 Å². The maximum absolute atomic E-state index is 12.3. The van der Waals surface area contributed by atoms with Gasteiger partial charge in [-0.3, -0.25) is 9.59 Å². The molecule has 6 heteroatoms. The second-order valence-corrected chi connectivity index (χ2v) is 4.92. The normalized spacial score (nSPS) is 24.0. The van der Waals surface area contributed by atoms with Gasteiger partial charge in [-0.05, 0) is 13.8 Å². The van der Waals surface area contributed by atoms with Gasteiger partial charge in [0.25, 0.3) is 5.91 Å². The Hall–Kier alpha value is -1.43. The van der Waals surface area contributed by atoms with Crippen LogP contribution in [0.4, 0.5) is 0 Å². The maximum atomic E-state index is 12.3. The quantitative estimate of drug-likeness (QED) is 0.694. The molecule has 94 valence electrons. The van der Waals surface area contributed by atoms with Crippen molar-refractivity contribution < 1.29 is 14.3 Å². The van der Waals surface area contributed by atoms with Crippen molar-refractivity contribution in [1.29, 1.82) is 0 Å². The number of nitrogens with one attached hydrogen (secondary N) is 1. The second-order valence-electron chi connectivity index (χ2n) is 4.92. The number of ether oxygens (including phenoxy) is 1. The zero-order valence-corrected chi connectivity index (χ0v) is 10.2. The molecule has 6 nitrogen and oxygen atoms in total. The van der Waals surface area contributed by atoms with Crippen molar-refractivity contribution in [2.24, 2.45) is 5.10 Å². The van der Waals surface area contributed by atoms with E-state index in [9.17, 15) is 9.59 Å². The molecule has 1 fully saturated rings. The molecule has 2 amide bonds. The minimum atomic E-state index is -0.320. The van der Waals surface area contributed by atoms with E-state index >= 15 is 0 Å². The first-order chi connectivity index (χ1) is 8.00. The summed E-state index contributed by atoms with van der Waals surface area (Å²) in [5, 5.41) is 3.84. The molecule has 0 saturated carbocycles. The van der Waals surface area contributed by atoms with Crippen molar-refractivity contribution in [3.05, 3.63) is 0 Å². The van der Waals surface area contributed by atoms with Gasteiger partial charge in [0.05, 0.1) is 18.8 Å². The average molecular weight is 239 g/mol. The van der Waals surface area contributed by atoms with Crippen molar-refractivity contribution in [2.75, 3.05) is 19.8 Å². The minimum absolute atomic E-state index is 0.0988. The zero-order chi connectivity index (χ0) is 12.5. The molecule has 0 spiro atoms. The summed E-state index contributed by atoms with van der Waals surface area (Å²) >= 11 is 0. The Morgan fingerprint density at radius 1 is 1.47 bits per heavy atom. The Morgan fingerprint density at radius 3 is 2.82 bits per heavy atom. The fourth-order valence-electron chi connectivity index (χ4n) is 2.02. The molecule has 2 aliphatic heterocycles. The van der Waals surface area contributed by atoms with Crippen LogP contribution in [0.5, 0.6) is 0 Å². The van der Waals surface area contributed by atoms with E-state index in [1.54, 1.807) is 4.90 Å². The van der Waals surface area contributed by atoms with Crippen molar-refractivity contribution in [3.8, 4) is 0 Å². The van der Waals surface area contributed by atoms with Crippen molar-refractivity contribution in [1.82, 2.24) is 10.3 Å². The summed E-state index contributed by atoms with van der Waals surface area (Å²) in [6.07, 6.45) is 0.743. The van der Waals surface area contributed by atoms with Gasteiger partial charge in [0.15, 0.2) is 0 Å². The highest BCUT2D eigenvalue weighted by Crippen LogP contribution is 2.20. The minimum Gasteiger partial charge on any atom is -0.377 e. The SMILES string of the molecule is CC1(C)COCCN1C(=O)C1=NNC(=O)CC1. The Bertz CT molecular complexity index is 376. The van der Waals surface area contributed by atoms with E-state index in [1.807, 2.05) is 13.8 Å². The number of hydrogen-bond acceptors (Lipinski definition) is 4. The van der Waals surface area contributed by atoms with Crippen LogP contribution in [0.3, 0.4) is 0 Å². The molecule has 1 saturated heterocycles. The Balaban J connectivity index is 2.11. The van der Waals surface area contributed by atoms with Gasteiger partial charge in [-0.25, -0.2) is 5.43 Å². The Morgan fingerprint density at radius 2 is 2.24 bits per heavy atom. The first-order valence-corrected chi connectivity index (χ1v) is 5.76. The van der Waals surface area contributed by atoms with Gasteiger partial charge in [0, 0.05) is 19.4 Å². The number of morpholine rings is 1. The molecule has 2 rings (SSSR count). The summed E-state index contributed by atoms with van der Waals surface area (Å²) in [6, 6.07) is 0. The number of carbonyl (C=O) groups is 2. The third-order valence-electron chi connectivity index (χ3n) is 3.04. The van der Waals surface area contributed by atoms with Gasteiger partial charge in [0.2, 0.25) is 5.91 Å². The predicted octanol–water partition coefficient (Wildman–Crippen LogP) is -0.110. The van der Waals surface area contributed by atoms with Crippen LogP contribution in [0.15, 0.2) is 5.10 Å². The Labute approximate surface area is 100.0 Å². The Kier molecular flexibility index (Phi) is 3.15. The molecule has 0 aliphatic carbocycles. The average Bonchev–Trinajstić information content (AvgIpc) is 2.28. The van der Waals surface area contributed by atoms with Gasteiger partial charge >= 0.3 is 0 Å². The molecule has 0 bridgehead atoms. The molecule has 1 N–H and O–H groups in total. The lowest BCUT2D eigenvalue weighted by molar-refractivity contribution is -0.139. The lowest BCUT2D eigenvalue weighted by Gasteiger charge is -2.42. The lowest BCUT2D eigenvalue weighted by Crippen LogP contribution is -2.57. The van der Waals surface area contributed by atoms with Crippen molar-refractivity contribution in [2.45, 2.75) is 32.2 Å². The number of hydrogen-bond donors (Lipinski definition) is 1. The largest absolute Gasteiger partial charge is 0.377 e. The fourth-order valence-corrected chi connectivity index (χ4v) is 2.02. The number of rotatable bonds is 1. The molecule has 2 heterocycles. The van der Waals surface area contributed by atoms with E-state index < -0.39 is 0 Å².